The number of aromatic nitrogens is 1. The van der Waals surface area contributed by atoms with Crippen molar-refractivity contribution in [2.24, 2.45) is 0 Å². The van der Waals surface area contributed by atoms with Crippen LogP contribution in [0.2, 0.25) is 0 Å². The summed E-state index contributed by atoms with van der Waals surface area (Å²) in [6.07, 6.45) is 0. The lowest BCUT2D eigenvalue weighted by Crippen LogP contribution is -2.09. The van der Waals surface area contributed by atoms with Crippen LogP contribution >= 0.6 is 0 Å². The van der Waals surface area contributed by atoms with Gasteiger partial charge in [-0.15, -0.1) is 0 Å². The van der Waals surface area contributed by atoms with E-state index in [-0.39, 0.29) is 5.78 Å². The highest BCUT2D eigenvalue weighted by molar-refractivity contribution is 6.12. The van der Waals surface area contributed by atoms with Crippen LogP contribution in [0.5, 0.6) is 0 Å². The highest BCUT2D eigenvalue weighted by Crippen LogP contribution is 2.22. The molecule has 0 aliphatic rings. The molecule has 2 N–H and O–H groups in total. The van der Waals surface area contributed by atoms with Gasteiger partial charge >= 0.3 is 5.97 Å². The maximum absolute atomic E-state index is 12.8. The molecule has 122 valence electrons. The fraction of sp³-hybridized carbons (Fsp3) is 0.333. The molecule has 0 aliphatic heterocycles. The van der Waals surface area contributed by atoms with Crippen molar-refractivity contribution in [2.75, 3.05) is 13.7 Å². The molecule has 0 saturated carbocycles. The third-order valence-corrected chi connectivity index (χ3v) is 3.71. The third kappa shape index (κ3) is 3.51. The molecule has 1 aromatic carbocycles. The monoisotopic (exact) mass is 314 g/mol. The first-order valence-corrected chi connectivity index (χ1v) is 7.64. The Kier molecular flexibility index (Phi) is 5.34. The van der Waals surface area contributed by atoms with E-state index < -0.39 is 5.97 Å². The molecule has 2 aromatic rings. The molecule has 0 amide bonds. The smallest absolute Gasteiger partial charge is 0.355 e. The van der Waals surface area contributed by atoms with Crippen molar-refractivity contribution in [3.63, 3.8) is 0 Å². The molecule has 0 unspecified atom stereocenters. The molecular weight excluding hydrogens is 292 g/mol. The average Bonchev–Trinajstić information content (AvgIpc) is 2.82. The van der Waals surface area contributed by atoms with Crippen molar-refractivity contribution in [1.29, 1.82) is 0 Å². The van der Waals surface area contributed by atoms with Gasteiger partial charge in [0.15, 0.2) is 5.78 Å². The Balaban J connectivity index is 2.40. The highest BCUT2D eigenvalue weighted by Gasteiger charge is 2.23. The molecule has 1 heterocycles. The number of aryl methyl sites for hydroxylation is 1. The number of ether oxygens (including phenoxy) is 1. The Hall–Kier alpha value is -2.40. The van der Waals surface area contributed by atoms with Gasteiger partial charge in [0.2, 0.25) is 0 Å². The number of H-pyrrole nitrogens is 1. The fourth-order valence-corrected chi connectivity index (χ4v) is 2.67. The van der Waals surface area contributed by atoms with Gasteiger partial charge < -0.3 is 15.0 Å². The van der Waals surface area contributed by atoms with Crippen molar-refractivity contribution in [2.45, 2.75) is 27.3 Å². The minimum absolute atomic E-state index is 0.0928. The van der Waals surface area contributed by atoms with Crippen LogP contribution in [0.4, 0.5) is 0 Å². The summed E-state index contributed by atoms with van der Waals surface area (Å²) in [5, 5.41) is 3.07. The second-order valence-electron chi connectivity index (χ2n) is 5.41. The molecule has 0 spiro atoms. The SMILES string of the molecule is CCOC(=O)c1[nH]c(C)c(C(=O)c2cccc(CNC)c2)c1C. The van der Waals surface area contributed by atoms with E-state index in [1.54, 1.807) is 26.8 Å². The first-order valence-electron chi connectivity index (χ1n) is 7.64. The molecule has 1 aromatic heterocycles. The summed E-state index contributed by atoms with van der Waals surface area (Å²) in [6.45, 7) is 6.30. The molecule has 2 rings (SSSR count). The van der Waals surface area contributed by atoms with Crippen LogP contribution in [0.1, 0.15) is 50.2 Å². The van der Waals surface area contributed by atoms with Crippen LogP contribution in [0, 0.1) is 13.8 Å². The Morgan fingerprint density at radius 2 is 2.00 bits per heavy atom. The Labute approximate surface area is 136 Å². The highest BCUT2D eigenvalue weighted by atomic mass is 16.5. The fourth-order valence-electron chi connectivity index (χ4n) is 2.67. The van der Waals surface area contributed by atoms with Crippen LogP contribution in [-0.4, -0.2) is 30.4 Å². The van der Waals surface area contributed by atoms with Crippen molar-refractivity contribution < 1.29 is 14.3 Å². The van der Waals surface area contributed by atoms with E-state index in [2.05, 4.69) is 10.3 Å². The maximum Gasteiger partial charge on any atom is 0.355 e. The second-order valence-corrected chi connectivity index (χ2v) is 5.41. The van der Waals surface area contributed by atoms with Crippen molar-refractivity contribution >= 4 is 11.8 Å². The number of rotatable bonds is 6. The molecule has 5 heteroatoms. The van der Waals surface area contributed by atoms with Crippen molar-refractivity contribution in [1.82, 2.24) is 10.3 Å². The molecular formula is C18H22N2O3. The lowest BCUT2D eigenvalue weighted by atomic mass is 9.98. The van der Waals surface area contributed by atoms with Gasteiger partial charge in [-0.05, 0) is 45.0 Å². The largest absolute Gasteiger partial charge is 0.461 e. The van der Waals surface area contributed by atoms with E-state index in [9.17, 15) is 9.59 Å². The zero-order chi connectivity index (χ0) is 17.0. The second kappa shape index (κ2) is 7.24. The van der Waals surface area contributed by atoms with Gasteiger partial charge in [0.25, 0.3) is 0 Å². The standard InChI is InChI=1S/C18H22N2O3/c1-5-23-18(22)16-11(2)15(12(3)20-16)17(21)14-8-6-7-13(9-14)10-19-4/h6-9,19-20H,5,10H2,1-4H3. The van der Waals surface area contributed by atoms with Crippen LogP contribution < -0.4 is 5.32 Å². The number of ketones is 1. The molecule has 0 aliphatic carbocycles. The number of carbonyl (C=O) groups is 2. The summed E-state index contributed by atoms with van der Waals surface area (Å²) in [5.74, 6) is -0.527. The summed E-state index contributed by atoms with van der Waals surface area (Å²) in [4.78, 5) is 27.8. The molecule has 0 atom stereocenters. The predicted molar refractivity (Wildman–Crippen MR) is 88.9 cm³/mol. The topological polar surface area (TPSA) is 71.2 Å². The maximum atomic E-state index is 12.8. The summed E-state index contributed by atoms with van der Waals surface area (Å²) >= 11 is 0. The van der Waals surface area contributed by atoms with Crippen molar-refractivity contribution in [3.8, 4) is 0 Å². The van der Waals surface area contributed by atoms with E-state index in [1.165, 1.54) is 0 Å². The van der Waals surface area contributed by atoms with Crippen LogP contribution in [0.3, 0.4) is 0 Å². The number of carbonyl (C=O) groups excluding carboxylic acids is 2. The number of esters is 1. The number of hydrogen-bond donors (Lipinski definition) is 2. The first-order chi connectivity index (χ1) is 11.0. The number of hydrogen-bond acceptors (Lipinski definition) is 4. The summed E-state index contributed by atoms with van der Waals surface area (Å²) in [6, 6.07) is 7.49. The summed E-state index contributed by atoms with van der Waals surface area (Å²) in [5.41, 5.74) is 3.83. The Morgan fingerprint density at radius 3 is 2.65 bits per heavy atom. The van der Waals surface area contributed by atoms with Gasteiger partial charge in [0.05, 0.1) is 6.61 Å². The van der Waals surface area contributed by atoms with Gasteiger partial charge in [0.1, 0.15) is 5.69 Å². The average molecular weight is 314 g/mol. The van der Waals surface area contributed by atoms with Gasteiger partial charge in [-0.25, -0.2) is 4.79 Å². The van der Waals surface area contributed by atoms with Gasteiger partial charge in [-0.2, -0.15) is 0 Å². The predicted octanol–water partition coefficient (Wildman–Crippen LogP) is 2.76. The molecule has 0 fully saturated rings. The lowest BCUT2D eigenvalue weighted by molar-refractivity contribution is 0.0519. The number of nitrogens with one attached hydrogen (secondary N) is 2. The van der Waals surface area contributed by atoms with Gasteiger partial charge in [-0.3, -0.25) is 4.79 Å². The molecule has 0 bridgehead atoms. The van der Waals surface area contributed by atoms with E-state index in [1.807, 2.05) is 25.2 Å². The Bertz CT molecular complexity index is 732. The first kappa shape index (κ1) is 17.0. The van der Waals surface area contributed by atoms with Crippen LogP contribution in [0.15, 0.2) is 24.3 Å². The molecule has 0 saturated heterocycles. The number of benzene rings is 1. The summed E-state index contributed by atoms with van der Waals surface area (Å²) in [7, 11) is 1.86. The molecule has 0 radical (unpaired) electrons. The molecule has 5 nitrogen and oxygen atoms in total. The minimum Gasteiger partial charge on any atom is -0.461 e. The zero-order valence-electron chi connectivity index (χ0n) is 13.9. The normalized spacial score (nSPS) is 10.6. The Morgan fingerprint density at radius 1 is 1.26 bits per heavy atom. The van der Waals surface area contributed by atoms with E-state index in [0.29, 0.717) is 41.2 Å². The lowest BCUT2D eigenvalue weighted by Gasteiger charge is -2.06. The minimum atomic E-state index is -0.434. The quantitative estimate of drug-likeness (QED) is 0.635. The summed E-state index contributed by atoms with van der Waals surface area (Å²) < 4.78 is 5.02. The zero-order valence-corrected chi connectivity index (χ0v) is 13.9. The van der Waals surface area contributed by atoms with Gasteiger partial charge in [0, 0.05) is 23.4 Å². The van der Waals surface area contributed by atoms with Crippen LogP contribution in [-0.2, 0) is 11.3 Å². The van der Waals surface area contributed by atoms with Crippen LogP contribution in [0.25, 0.3) is 0 Å². The van der Waals surface area contributed by atoms with E-state index in [4.69, 9.17) is 4.74 Å². The molecule has 23 heavy (non-hydrogen) atoms. The van der Waals surface area contributed by atoms with Crippen molar-refractivity contribution in [3.05, 3.63) is 57.9 Å². The van der Waals surface area contributed by atoms with E-state index >= 15 is 0 Å². The third-order valence-electron chi connectivity index (χ3n) is 3.71. The number of aromatic amines is 1. The van der Waals surface area contributed by atoms with E-state index in [0.717, 1.165) is 5.56 Å². The van der Waals surface area contributed by atoms with Gasteiger partial charge in [-0.1, -0.05) is 18.2 Å².